The Labute approximate surface area is 149 Å². The number of carbonyl (C=O) groups excluding carboxylic acids is 1. The largest absolute Gasteiger partial charge is 0.489 e. The number of nitrogens with one attached hydrogen (secondary N) is 1. The molecular formula is C19H25ClN2O2. The predicted octanol–water partition coefficient (Wildman–Crippen LogP) is 3.43. The number of carbonyl (C=O) groups is 1. The van der Waals surface area contributed by atoms with Crippen molar-refractivity contribution in [2.75, 3.05) is 0 Å². The maximum Gasteiger partial charge on any atom is 0.220 e. The van der Waals surface area contributed by atoms with Crippen LogP contribution in [0.1, 0.15) is 30.9 Å². The smallest absolute Gasteiger partial charge is 0.220 e. The molecule has 2 aromatic carbocycles. The predicted molar refractivity (Wildman–Crippen MR) is 99.2 cm³/mol. The molecule has 2 rings (SSSR count). The highest BCUT2D eigenvalue weighted by Gasteiger charge is 2.03. The molecule has 1 unspecified atom stereocenters. The molecule has 0 aromatic heterocycles. The van der Waals surface area contributed by atoms with Gasteiger partial charge in [-0.3, -0.25) is 4.79 Å². The average molecular weight is 349 g/mol. The second-order valence-electron chi connectivity index (χ2n) is 5.71. The van der Waals surface area contributed by atoms with Crippen LogP contribution < -0.4 is 15.8 Å². The summed E-state index contributed by atoms with van der Waals surface area (Å²) >= 11 is 0. The zero-order valence-electron chi connectivity index (χ0n) is 13.9. The molecule has 24 heavy (non-hydrogen) atoms. The van der Waals surface area contributed by atoms with Crippen LogP contribution in [-0.2, 0) is 17.9 Å². The fourth-order valence-electron chi connectivity index (χ4n) is 2.08. The third-order valence-electron chi connectivity index (χ3n) is 3.49. The Morgan fingerprint density at radius 2 is 1.71 bits per heavy atom. The summed E-state index contributed by atoms with van der Waals surface area (Å²) in [5, 5.41) is 2.91. The first-order valence-corrected chi connectivity index (χ1v) is 7.91. The fourth-order valence-corrected chi connectivity index (χ4v) is 2.08. The second kappa shape index (κ2) is 10.7. The lowest BCUT2D eigenvalue weighted by atomic mass is 10.1. The van der Waals surface area contributed by atoms with Crippen LogP contribution in [0.2, 0.25) is 0 Å². The van der Waals surface area contributed by atoms with E-state index < -0.39 is 0 Å². The van der Waals surface area contributed by atoms with Crippen molar-refractivity contribution in [1.29, 1.82) is 0 Å². The Morgan fingerprint density at radius 1 is 1.08 bits per heavy atom. The normalized spacial score (nSPS) is 11.2. The minimum atomic E-state index is 0. The van der Waals surface area contributed by atoms with Crippen LogP contribution >= 0.6 is 12.4 Å². The molecule has 4 nitrogen and oxygen atoms in total. The van der Waals surface area contributed by atoms with Gasteiger partial charge in [0.15, 0.2) is 0 Å². The zero-order valence-corrected chi connectivity index (χ0v) is 14.7. The maximum absolute atomic E-state index is 11.7. The van der Waals surface area contributed by atoms with E-state index in [0.717, 1.165) is 16.9 Å². The topological polar surface area (TPSA) is 64.4 Å². The van der Waals surface area contributed by atoms with Gasteiger partial charge in [-0.25, -0.2) is 0 Å². The molecule has 0 fully saturated rings. The van der Waals surface area contributed by atoms with Crippen molar-refractivity contribution in [2.24, 2.45) is 5.73 Å². The number of hydrogen-bond acceptors (Lipinski definition) is 3. The third-order valence-corrected chi connectivity index (χ3v) is 3.49. The van der Waals surface area contributed by atoms with Crippen LogP contribution in [0.25, 0.3) is 0 Å². The Balaban J connectivity index is 0.00000288. The molecule has 2 aromatic rings. The van der Waals surface area contributed by atoms with Crippen molar-refractivity contribution < 1.29 is 9.53 Å². The molecule has 0 aliphatic heterocycles. The highest BCUT2D eigenvalue weighted by Crippen LogP contribution is 2.12. The first-order chi connectivity index (χ1) is 11.1. The van der Waals surface area contributed by atoms with E-state index in [2.05, 4.69) is 5.32 Å². The lowest BCUT2D eigenvalue weighted by Crippen LogP contribution is -2.25. The monoisotopic (exact) mass is 348 g/mol. The third kappa shape index (κ3) is 7.49. The Hall–Kier alpha value is -2.04. The quantitative estimate of drug-likeness (QED) is 0.768. The molecule has 5 heteroatoms. The molecule has 0 spiro atoms. The van der Waals surface area contributed by atoms with Crippen molar-refractivity contribution in [1.82, 2.24) is 5.32 Å². The number of halogens is 1. The fraction of sp³-hybridized carbons (Fsp3) is 0.316. The van der Waals surface area contributed by atoms with E-state index in [-0.39, 0.29) is 24.4 Å². The average Bonchev–Trinajstić information content (AvgIpc) is 2.58. The summed E-state index contributed by atoms with van der Waals surface area (Å²) in [5.41, 5.74) is 7.81. The molecular weight excluding hydrogens is 324 g/mol. The molecule has 0 saturated carbocycles. The van der Waals surface area contributed by atoms with Gasteiger partial charge in [0.2, 0.25) is 5.91 Å². The van der Waals surface area contributed by atoms with Crippen molar-refractivity contribution in [3.05, 3.63) is 65.7 Å². The van der Waals surface area contributed by atoms with Gasteiger partial charge in [0.05, 0.1) is 0 Å². The van der Waals surface area contributed by atoms with E-state index in [4.69, 9.17) is 10.5 Å². The number of rotatable bonds is 8. The number of para-hydroxylation sites is 1. The number of benzene rings is 2. The minimum Gasteiger partial charge on any atom is -0.489 e. The number of nitrogens with two attached hydrogens (primary N) is 1. The molecule has 0 bridgehead atoms. The van der Waals surface area contributed by atoms with E-state index in [0.29, 0.717) is 26.0 Å². The van der Waals surface area contributed by atoms with E-state index in [1.165, 1.54) is 0 Å². The van der Waals surface area contributed by atoms with Gasteiger partial charge < -0.3 is 15.8 Å². The van der Waals surface area contributed by atoms with Gasteiger partial charge >= 0.3 is 0 Å². The van der Waals surface area contributed by atoms with Crippen LogP contribution in [0.5, 0.6) is 5.75 Å². The summed E-state index contributed by atoms with van der Waals surface area (Å²) in [4.78, 5) is 11.7. The summed E-state index contributed by atoms with van der Waals surface area (Å²) < 4.78 is 5.70. The second-order valence-corrected chi connectivity index (χ2v) is 5.71. The first kappa shape index (κ1) is 20.0. The number of amides is 1. The van der Waals surface area contributed by atoms with Crippen molar-refractivity contribution >= 4 is 18.3 Å². The van der Waals surface area contributed by atoms with E-state index in [1.807, 2.05) is 61.5 Å². The van der Waals surface area contributed by atoms with Crippen LogP contribution in [0.4, 0.5) is 0 Å². The van der Waals surface area contributed by atoms with Gasteiger partial charge in [-0.2, -0.15) is 0 Å². The summed E-state index contributed by atoms with van der Waals surface area (Å²) in [5.74, 6) is 0.900. The highest BCUT2D eigenvalue weighted by atomic mass is 35.5. The molecule has 1 amide bonds. The minimum absolute atomic E-state index is 0. The van der Waals surface area contributed by atoms with E-state index in [1.54, 1.807) is 0 Å². The van der Waals surface area contributed by atoms with E-state index >= 15 is 0 Å². The van der Waals surface area contributed by atoms with Crippen LogP contribution in [0.15, 0.2) is 54.6 Å². The van der Waals surface area contributed by atoms with Gasteiger partial charge in [-0.05, 0) is 36.6 Å². The van der Waals surface area contributed by atoms with Gasteiger partial charge in [0.25, 0.3) is 0 Å². The van der Waals surface area contributed by atoms with Gasteiger partial charge in [-0.1, -0.05) is 42.5 Å². The lowest BCUT2D eigenvalue weighted by Gasteiger charge is -2.09. The first-order valence-electron chi connectivity index (χ1n) is 7.91. The summed E-state index contributed by atoms with van der Waals surface area (Å²) in [6, 6.07) is 17.9. The molecule has 0 heterocycles. The van der Waals surface area contributed by atoms with Gasteiger partial charge in [0.1, 0.15) is 12.4 Å². The lowest BCUT2D eigenvalue weighted by molar-refractivity contribution is -0.121. The molecule has 1 atom stereocenters. The van der Waals surface area contributed by atoms with E-state index in [9.17, 15) is 4.79 Å². The zero-order chi connectivity index (χ0) is 16.5. The number of ether oxygens (including phenoxy) is 1. The molecule has 0 aliphatic carbocycles. The van der Waals surface area contributed by atoms with Crippen LogP contribution in [-0.4, -0.2) is 11.9 Å². The highest BCUT2D eigenvalue weighted by molar-refractivity contribution is 5.85. The van der Waals surface area contributed by atoms with Crippen molar-refractivity contribution in [3.8, 4) is 5.75 Å². The summed E-state index contributed by atoms with van der Waals surface area (Å²) in [7, 11) is 0. The van der Waals surface area contributed by atoms with Crippen LogP contribution in [0, 0.1) is 0 Å². The Morgan fingerprint density at radius 3 is 2.33 bits per heavy atom. The molecule has 0 saturated heterocycles. The van der Waals surface area contributed by atoms with Crippen molar-refractivity contribution in [3.63, 3.8) is 0 Å². The summed E-state index contributed by atoms with van der Waals surface area (Å²) in [6.45, 7) is 2.98. The molecule has 130 valence electrons. The van der Waals surface area contributed by atoms with Crippen LogP contribution in [0.3, 0.4) is 0 Å². The Kier molecular flexibility index (Phi) is 8.90. The maximum atomic E-state index is 11.7. The molecule has 3 N–H and O–H groups in total. The molecule has 0 aliphatic rings. The SMILES string of the molecule is CC(N)CCC(=O)NCc1ccc(COc2ccccc2)cc1.Cl. The molecule has 0 radical (unpaired) electrons. The Bertz CT molecular complexity index is 601. The summed E-state index contributed by atoms with van der Waals surface area (Å²) in [6.07, 6.45) is 1.18. The van der Waals surface area contributed by atoms with Gasteiger partial charge in [0, 0.05) is 19.0 Å². The number of hydrogen-bond donors (Lipinski definition) is 2. The van der Waals surface area contributed by atoms with Gasteiger partial charge in [-0.15, -0.1) is 12.4 Å². The standard InChI is InChI=1S/C19H24N2O2.ClH/c1-15(20)7-12-19(22)21-13-16-8-10-17(11-9-16)14-23-18-5-3-2-4-6-18;/h2-6,8-11,15H,7,12-14,20H2,1H3,(H,21,22);1H. The van der Waals surface area contributed by atoms with Crippen molar-refractivity contribution in [2.45, 2.75) is 39.0 Å².